The maximum atomic E-state index is 5.28. The van der Waals surface area contributed by atoms with Crippen molar-refractivity contribution in [1.82, 2.24) is 5.01 Å². The topological polar surface area (TPSA) is 15.6 Å². The molecule has 0 spiro atoms. The number of halogens is 2. The van der Waals surface area contributed by atoms with E-state index in [0.29, 0.717) is 0 Å². The molecular formula is C5H8Cl2N2. The lowest BCUT2D eigenvalue weighted by Crippen LogP contribution is -2.00. The van der Waals surface area contributed by atoms with Gasteiger partial charge in [0, 0.05) is 20.3 Å². The molecule has 0 aromatic carbocycles. The van der Waals surface area contributed by atoms with Gasteiger partial charge in [-0.05, 0) is 6.08 Å². The van der Waals surface area contributed by atoms with Crippen molar-refractivity contribution in [2.45, 2.75) is 0 Å². The molecule has 0 unspecified atom stereocenters. The zero-order valence-corrected chi connectivity index (χ0v) is 6.82. The second-order valence-electron chi connectivity index (χ2n) is 1.57. The molecule has 4 heteroatoms. The van der Waals surface area contributed by atoms with Crippen LogP contribution in [0.15, 0.2) is 15.7 Å². The Kier molecular flexibility index (Phi) is 4.54. The zero-order valence-electron chi connectivity index (χ0n) is 5.31. The van der Waals surface area contributed by atoms with Crippen molar-refractivity contribution in [2.24, 2.45) is 5.10 Å². The van der Waals surface area contributed by atoms with E-state index in [1.165, 1.54) is 12.3 Å². The van der Waals surface area contributed by atoms with Crippen LogP contribution in [0.4, 0.5) is 0 Å². The lowest BCUT2D eigenvalue weighted by atomic mass is 10.7. The summed E-state index contributed by atoms with van der Waals surface area (Å²) in [7, 11) is 3.62. The lowest BCUT2D eigenvalue weighted by Gasteiger charge is -1.99. The number of hydrogen-bond donors (Lipinski definition) is 0. The molecule has 9 heavy (non-hydrogen) atoms. The standard InChI is InChI=1S/C5H8Cl2N2/c1-9(2)8-4-3-5(6)7/h3-4H,1-2H3. The summed E-state index contributed by atoms with van der Waals surface area (Å²) in [5, 5.41) is 5.47. The van der Waals surface area contributed by atoms with Gasteiger partial charge in [-0.3, -0.25) is 0 Å². The van der Waals surface area contributed by atoms with Gasteiger partial charge in [-0.1, -0.05) is 23.2 Å². The molecule has 0 rings (SSSR count). The Labute approximate surface area is 64.7 Å². The minimum Gasteiger partial charge on any atom is -0.303 e. The van der Waals surface area contributed by atoms with E-state index in [9.17, 15) is 0 Å². The molecular weight excluding hydrogens is 159 g/mol. The normalized spacial score (nSPS) is 9.78. The molecule has 0 aromatic heterocycles. The highest BCUT2D eigenvalue weighted by Gasteiger charge is 1.77. The average Bonchev–Trinajstić information content (AvgIpc) is 1.63. The molecule has 52 valence electrons. The predicted molar refractivity (Wildman–Crippen MR) is 42.0 cm³/mol. The molecule has 0 saturated carbocycles. The summed E-state index contributed by atoms with van der Waals surface area (Å²) >= 11 is 10.6. The maximum absolute atomic E-state index is 5.28. The smallest absolute Gasteiger partial charge is 0.108 e. The summed E-state index contributed by atoms with van der Waals surface area (Å²) in [6.07, 6.45) is 3.03. The molecule has 2 nitrogen and oxygen atoms in total. The van der Waals surface area contributed by atoms with Crippen LogP contribution in [0.25, 0.3) is 0 Å². The Hall–Kier alpha value is -0.210. The van der Waals surface area contributed by atoms with Gasteiger partial charge in [0.15, 0.2) is 0 Å². The number of hydrogen-bond acceptors (Lipinski definition) is 2. The van der Waals surface area contributed by atoms with Crippen molar-refractivity contribution in [1.29, 1.82) is 0 Å². The van der Waals surface area contributed by atoms with Crippen LogP contribution in [0.3, 0.4) is 0 Å². The molecule has 0 saturated heterocycles. The SMILES string of the molecule is CN(C)N=CC=C(Cl)Cl. The molecule has 0 atom stereocenters. The van der Waals surface area contributed by atoms with Crippen molar-refractivity contribution < 1.29 is 0 Å². The fraction of sp³-hybridized carbons (Fsp3) is 0.400. The largest absolute Gasteiger partial charge is 0.303 e. The summed E-state index contributed by atoms with van der Waals surface area (Å²) in [6.45, 7) is 0. The Bertz CT molecular complexity index is 125. The van der Waals surface area contributed by atoms with Crippen molar-refractivity contribution in [3.8, 4) is 0 Å². The Morgan fingerprint density at radius 1 is 1.44 bits per heavy atom. The quantitative estimate of drug-likeness (QED) is 0.452. The summed E-state index contributed by atoms with van der Waals surface area (Å²) in [5.41, 5.74) is 0. The fourth-order valence-corrected chi connectivity index (χ4v) is 0.336. The first-order chi connectivity index (χ1) is 4.13. The van der Waals surface area contributed by atoms with E-state index >= 15 is 0 Å². The first-order valence-electron chi connectivity index (χ1n) is 2.35. The monoisotopic (exact) mass is 166 g/mol. The van der Waals surface area contributed by atoms with Gasteiger partial charge in [-0.2, -0.15) is 5.10 Å². The molecule has 0 amide bonds. The van der Waals surface area contributed by atoms with Crippen molar-refractivity contribution in [2.75, 3.05) is 14.1 Å². The van der Waals surface area contributed by atoms with Crippen molar-refractivity contribution >= 4 is 29.4 Å². The van der Waals surface area contributed by atoms with Crippen LogP contribution in [0.1, 0.15) is 0 Å². The molecule has 0 aliphatic carbocycles. The van der Waals surface area contributed by atoms with Gasteiger partial charge < -0.3 is 5.01 Å². The number of allylic oxidation sites excluding steroid dienone is 1. The number of rotatable bonds is 2. The molecule has 0 heterocycles. The van der Waals surface area contributed by atoms with Gasteiger partial charge in [-0.25, -0.2) is 0 Å². The van der Waals surface area contributed by atoms with E-state index in [-0.39, 0.29) is 4.49 Å². The third-order valence-corrected chi connectivity index (χ3v) is 0.750. The van der Waals surface area contributed by atoms with Crippen LogP contribution in [-0.2, 0) is 0 Å². The molecule has 0 radical (unpaired) electrons. The molecule has 0 aromatic rings. The second kappa shape index (κ2) is 4.65. The van der Waals surface area contributed by atoms with Crippen LogP contribution < -0.4 is 0 Å². The van der Waals surface area contributed by atoms with E-state index in [1.54, 1.807) is 5.01 Å². The van der Waals surface area contributed by atoms with Crippen molar-refractivity contribution in [3.63, 3.8) is 0 Å². The summed E-state index contributed by atoms with van der Waals surface area (Å²) < 4.78 is 0.209. The molecule has 0 aliphatic heterocycles. The van der Waals surface area contributed by atoms with E-state index in [1.807, 2.05) is 14.1 Å². The number of nitrogens with zero attached hydrogens (tertiary/aromatic N) is 2. The minimum atomic E-state index is 0.209. The van der Waals surface area contributed by atoms with Crippen LogP contribution in [-0.4, -0.2) is 25.3 Å². The van der Waals surface area contributed by atoms with Gasteiger partial charge in [0.25, 0.3) is 0 Å². The highest BCUT2D eigenvalue weighted by Crippen LogP contribution is 2.03. The summed E-state index contributed by atoms with van der Waals surface area (Å²) in [6, 6.07) is 0. The molecule has 0 N–H and O–H groups in total. The Balaban J connectivity index is 3.60. The predicted octanol–water partition coefficient (Wildman–Crippen LogP) is 1.85. The Morgan fingerprint density at radius 3 is 2.33 bits per heavy atom. The van der Waals surface area contributed by atoms with Gasteiger partial charge in [0.1, 0.15) is 4.49 Å². The van der Waals surface area contributed by atoms with E-state index < -0.39 is 0 Å². The molecule has 0 fully saturated rings. The van der Waals surface area contributed by atoms with Gasteiger partial charge in [-0.15, -0.1) is 0 Å². The first kappa shape index (κ1) is 8.79. The molecule has 0 aliphatic rings. The van der Waals surface area contributed by atoms with Gasteiger partial charge in [0.2, 0.25) is 0 Å². The summed E-state index contributed by atoms with van der Waals surface area (Å²) in [5.74, 6) is 0. The van der Waals surface area contributed by atoms with E-state index in [4.69, 9.17) is 23.2 Å². The first-order valence-corrected chi connectivity index (χ1v) is 3.11. The van der Waals surface area contributed by atoms with E-state index in [0.717, 1.165) is 0 Å². The van der Waals surface area contributed by atoms with Crippen LogP contribution in [0.5, 0.6) is 0 Å². The van der Waals surface area contributed by atoms with Crippen molar-refractivity contribution in [3.05, 3.63) is 10.6 Å². The summed E-state index contributed by atoms with van der Waals surface area (Å²) in [4.78, 5) is 0. The van der Waals surface area contributed by atoms with Crippen LogP contribution in [0, 0.1) is 0 Å². The van der Waals surface area contributed by atoms with Crippen LogP contribution in [0.2, 0.25) is 0 Å². The van der Waals surface area contributed by atoms with Gasteiger partial charge in [0.05, 0.1) is 0 Å². The highest BCUT2D eigenvalue weighted by atomic mass is 35.5. The number of hydrazone groups is 1. The fourth-order valence-electron chi connectivity index (χ4n) is 0.223. The maximum Gasteiger partial charge on any atom is 0.108 e. The minimum absolute atomic E-state index is 0.209. The molecule has 0 bridgehead atoms. The Morgan fingerprint density at radius 2 is 2.00 bits per heavy atom. The van der Waals surface area contributed by atoms with Crippen LogP contribution >= 0.6 is 23.2 Å². The third kappa shape index (κ3) is 7.79. The van der Waals surface area contributed by atoms with E-state index in [2.05, 4.69) is 5.10 Å². The highest BCUT2D eigenvalue weighted by molar-refractivity contribution is 6.56. The average molecular weight is 167 g/mol. The second-order valence-corrected chi connectivity index (χ2v) is 2.58. The lowest BCUT2D eigenvalue weighted by molar-refractivity contribution is 0.440. The van der Waals surface area contributed by atoms with Gasteiger partial charge >= 0.3 is 0 Å². The third-order valence-electron chi connectivity index (χ3n) is 0.498. The zero-order chi connectivity index (χ0) is 7.28.